The van der Waals surface area contributed by atoms with Gasteiger partial charge in [0, 0.05) is 16.3 Å². The van der Waals surface area contributed by atoms with Crippen molar-refractivity contribution in [3.8, 4) is 11.5 Å². The number of halogens is 1. The first kappa shape index (κ1) is 19.6. The Bertz CT molecular complexity index is 1010. The van der Waals surface area contributed by atoms with Crippen molar-refractivity contribution >= 4 is 29.2 Å². The molecule has 1 heterocycles. The molecule has 144 valence electrons. The van der Waals surface area contributed by atoms with Crippen molar-refractivity contribution in [2.45, 2.75) is 26.9 Å². The predicted octanol–water partition coefficient (Wildman–Crippen LogP) is 4.80. The first-order valence-electron chi connectivity index (χ1n) is 8.66. The number of nitrogens with zero attached hydrogens (tertiary/aromatic N) is 1. The van der Waals surface area contributed by atoms with Crippen molar-refractivity contribution < 1.29 is 18.7 Å². The van der Waals surface area contributed by atoms with Gasteiger partial charge in [-0.15, -0.1) is 0 Å². The highest BCUT2D eigenvalue weighted by atomic mass is 35.5. The summed E-state index contributed by atoms with van der Waals surface area (Å²) < 4.78 is 10.8. The quantitative estimate of drug-likeness (QED) is 0.624. The zero-order valence-electron chi connectivity index (χ0n) is 15.7. The third-order valence-corrected chi connectivity index (χ3v) is 4.60. The minimum atomic E-state index is -1.03. The SMILES string of the molecule is Cc1oc(-c2ccccc2)nc1C(=O)O[C@H](C)C(=O)Nc1cccc(Cl)c1C. The Kier molecular flexibility index (Phi) is 5.80. The number of rotatable bonds is 5. The Morgan fingerprint density at radius 1 is 1.11 bits per heavy atom. The maximum atomic E-state index is 12.5. The van der Waals surface area contributed by atoms with Gasteiger partial charge < -0.3 is 14.5 Å². The average molecular weight is 399 g/mol. The molecule has 3 aromatic rings. The number of amides is 1. The molecule has 0 aliphatic heterocycles. The molecule has 6 nitrogen and oxygen atoms in total. The summed E-state index contributed by atoms with van der Waals surface area (Å²) >= 11 is 6.06. The predicted molar refractivity (Wildman–Crippen MR) is 106 cm³/mol. The fraction of sp³-hybridized carbons (Fsp3) is 0.190. The Labute approximate surface area is 167 Å². The molecule has 2 aromatic carbocycles. The zero-order chi connectivity index (χ0) is 20.3. The molecule has 0 saturated heterocycles. The van der Waals surface area contributed by atoms with Gasteiger partial charge in [0.05, 0.1) is 0 Å². The lowest BCUT2D eigenvalue weighted by molar-refractivity contribution is -0.123. The Balaban J connectivity index is 1.69. The first-order chi connectivity index (χ1) is 13.4. The zero-order valence-corrected chi connectivity index (χ0v) is 16.4. The molecule has 1 amide bonds. The molecule has 1 atom stereocenters. The number of ether oxygens (including phenoxy) is 1. The summed E-state index contributed by atoms with van der Waals surface area (Å²) in [4.78, 5) is 29.0. The van der Waals surface area contributed by atoms with Crippen LogP contribution in [0.3, 0.4) is 0 Å². The Morgan fingerprint density at radius 2 is 1.82 bits per heavy atom. The van der Waals surface area contributed by atoms with E-state index in [1.807, 2.05) is 30.3 Å². The van der Waals surface area contributed by atoms with Crippen molar-refractivity contribution in [2.75, 3.05) is 5.32 Å². The third-order valence-electron chi connectivity index (χ3n) is 4.19. The summed E-state index contributed by atoms with van der Waals surface area (Å²) in [6.07, 6.45) is -1.03. The molecule has 28 heavy (non-hydrogen) atoms. The number of oxazole rings is 1. The van der Waals surface area contributed by atoms with Crippen molar-refractivity contribution in [2.24, 2.45) is 0 Å². The van der Waals surface area contributed by atoms with Crippen LogP contribution >= 0.6 is 11.6 Å². The molecule has 0 aliphatic carbocycles. The molecule has 0 aliphatic rings. The second-order valence-corrected chi connectivity index (χ2v) is 6.65. The van der Waals surface area contributed by atoms with Gasteiger partial charge in [0.2, 0.25) is 5.89 Å². The molecule has 3 rings (SSSR count). The van der Waals surface area contributed by atoms with Crippen LogP contribution < -0.4 is 5.32 Å². The van der Waals surface area contributed by atoms with Crippen LogP contribution in [0.2, 0.25) is 5.02 Å². The molecule has 0 unspecified atom stereocenters. The van der Waals surface area contributed by atoms with Crippen molar-refractivity contribution in [1.29, 1.82) is 0 Å². The van der Waals surface area contributed by atoms with Gasteiger partial charge in [0.1, 0.15) is 5.76 Å². The number of nitrogens with one attached hydrogen (secondary N) is 1. The maximum absolute atomic E-state index is 12.5. The summed E-state index contributed by atoms with van der Waals surface area (Å²) in [6, 6.07) is 14.4. The van der Waals surface area contributed by atoms with E-state index in [4.69, 9.17) is 20.8 Å². The molecule has 1 aromatic heterocycles. The van der Waals surface area contributed by atoms with Crippen molar-refractivity contribution in [3.05, 3.63) is 70.6 Å². The molecule has 0 spiro atoms. The number of carbonyl (C=O) groups is 2. The highest BCUT2D eigenvalue weighted by Gasteiger charge is 2.24. The topological polar surface area (TPSA) is 81.4 Å². The van der Waals surface area contributed by atoms with Crippen LogP contribution in [0.5, 0.6) is 0 Å². The van der Waals surface area contributed by atoms with Gasteiger partial charge in [0.25, 0.3) is 5.91 Å². The number of aryl methyl sites for hydroxylation is 1. The lowest BCUT2D eigenvalue weighted by Crippen LogP contribution is -2.30. The highest BCUT2D eigenvalue weighted by Crippen LogP contribution is 2.24. The number of hydrogen-bond acceptors (Lipinski definition) is 5. The summed E-state index contributed by atoms with van der Waals surface area (Å²) in [5.41, 5.74) is 2.07. The van der Waals surface area contributed by atoms with Crippen LogP contribution in [0.25, 0.3) is 11.5 Å². The van der Waals surface area contributed by atoms with Gasteiger partial charge in [-0.3, -0.25) is 4.79 Å². The van der Waals surface area contributed by atoms with Crippen LogP contribution in [-0.4, -0.2) is 23.0 Å². The standard InChI is InChI=1S/C21H19ClN2O4/c1-12-16(22)10-7-11-17(12)23-19(25)14(3)28-21(26)18-13(2)27-20(24-18)15-8-5-4-6-9-15/h4-11,14H,1-3H3,(H,23,25)/t14-/m1/s1. The second kappa shape index (κ2) is 8.27. The number of esters is 1. The molecular formula is C21H19ClN2O4. The van der Waals surface area contributed by atoms with Crippen molar-refractivity contribution in [3.63, 3.8) is 0 Å². The fourth-order valence-corrected chi connectivity index (χ4v) is 2.71. The molecule has 1 N–H and O–H groups in total. The van der Waals surface area contributed by atoms with E-state index in [1.165, 1.54) is 6.92 Å². The number of aromatic nitrogens is 1. The third kappa shape index (κ3) is 4.23. The van der Waals surface area contributed by atoms with Crippen LogP contribution in [0.4, 0.5) is 5.69 Å². The van der Waals surface area contributed by atoms with Gasteiger partial charge in [-0.05, 0) is 50.6 Å². The first-order valence-corrected chi connectivity index (χ1v) is 9.04. The van der Waals surface area contributed by atoms with E-state index < -0.39 is 18.0 Å². The van der Waals surface area contributed by atoms with Gasteiger partial charge in [-0.1, -0.05) is 35.9 Å². The number of anilines is 1. The van der Waals surface area contributed by atoms with Crippen LogP contribution in [0.15, 0.2) is 52.9 Å². The van der Waals surface area contributed by atoms with E-state index in [0.29, 0.717) is 22.4 Å². The Hall–Kier alpha value is -3.12. The van der Waals surface area contributed by atoms with Gasteiger partial charge >= 0.3 is 5.97 Å². The van der Waals surface area contributed by atoms with E-state index in [1.54, 1.807) is 32.0 Å². The molecule has 7 heteroatoms. The second-order valence-electron chi connectivity index (χ2n) is 6.24. The van der Waals surface area contributed by atoms with Crippen LogP contribution in [0, 0.1) is 13.8 Å². The molecule has 0 bridgehead atoms. The van der Waals surface area contributed by atoms with Crippen molar-refractivity contribution in [1.82, 2.24) is 4.98 Å². The normalized spacial score (nSPS) is 11.7. The average Bonchev–Trinajstić information content (AvgIpc) is 3.08. The minimum absolute atomic E-state index is 0.0393. The van der Waals surface area contributed by atoms with Gasteiger partial charge in [-0.2, -0.15) is 0 Å². The highest BCUT2D eigenvalue weighted by molar-refractivity contribution is 6.31. The largest absolute Gasteiger partial charge is 0.448 e. The van der Waals surface area contributed by atoms with Crippen LogP contribution in [0.1, 0.15) is 28.7 Å². The van der Waals surface area contributed by atoms with Gasteiger partial charge in [-0.25, -0.2) is 9.78 Å². The van der Waals surface area contributed by atoms with E-state index in [2.05, 4.69) is 10.3 Å². The number of hydrogen-bond donors (Lipinski definition) is 1. The summed E-state index contributed by atoms with van der Waals surface area (Å²) in [5, 5.41) is 3.25. The Morgan fingerprint density at radius 3 is 2.54 bits per heavy atom. The smallest absolute Gasteiger partial charge is 0.361 e. The molecule has 0 saturated carbocycles. The summed E-state index contributed by atoms with van der Waals surface area (Å²) in [5.74, 6) is -0.559. The summed E-state index contributed by atoms with van der Waals surface area (Å²) in [7, 11) is 0. The van der Waals surface area contributed by atoms with E-state index in [-0.39, 0.29) is 5.69 Å². The van der Waals surface area contributed by atoms with E-state index >= 15 is 0 Å². The fourth-order valence-electron chi connectivity index (χ4n) is 2.54. The van der Waals surface area contributed by atoms with Crippen LogP contribution in [-0.2, 0) is 9.53 Å². The number of carbonyl (C=O) groups excluding carboxylic acids is 2. The summed E-state index contributed by atoms with van der Waals surface area (Å²) in [6.45, 7) is 4.90. The lowest BCUT2D eigenvalue weighted by atomic mass is 10.2. The van der Waals surface area contributed by atoms with E-state index in [0.717, 1.165) is 11.1 Å². The lowest BCUT2D eigenvalue weighted by Gasteiger charge is -2.14. The van der Waals surface area contributed by atoms with E-state index in [9.17, 15) is 9.59 Å². The molecule has 0 radical (unpaired) electrons. The number of benzene rings is 2. The maximum Gasteiger partial charge on any atom is 0.361 e. The van der Waals surface area contributed by atoms with Gasteiger partial charge in [0.15, 0.2) is 11.8 Å². The molecular weight excluding hydrogens is 380 g/mol. The minimum Gasteiger partial charge on any atom is -0.448 e. The molecule has 0 fully saturated rings. The monoisotopic (exact) mass is 398 g/mol.